The highest BCUT2D eigenvalue weighted by Crippen LogP contribution is 2.23. The molecule has 4 aromatic rings. The van der Waals surface area contributed by atoms with Gasteiger partial charge in [-0.05, 0) is 42.8 Å². The highest BCUT2D eigenvalue weighted by molar-refractivity contribution is 5.95. The molecule has 3 heterocycles. The van der Waals surface area contributed by atoms with Gasteiger partial charge in [-0.1, -0.05) is 18.2 Å². The number of H-pyrrole nitrogens is 1. The largest absolute Gasteiger partial charge is 0.378 e. The lowest BCUT2D eigenvalue weighted by Gasteiger charge is -2.28. The van der Waals surface area contributed by atoms with Gasteiger partial charge in [-0.2, -0.15) is 0 Å². The minimum Gasteiger partial charge on any atom is -0.378 e. The van der Waals surface area contributed by atoms with Crippen LogP contribution in [0.5, 0.6) is 0 Å². The number of nitrogens with one attached hydrogen (secondary N) is 3. The molecular weight excluding hydrogens is 416 g/mol. The van der Waals surface area contributed by atoms with Crippen LogP contribution >= 0.6 is 0 Å². The molecule has 2 aromatic heterocycles. The van der Waals surface area contributed by atoms with Crippen LogP contribution in [0.4, 0.5) is 23.0 Å². The van der Waals surface area contributed by atoms with Crippen LogP contribution < -0.4 is 15.5 Å². The van der Waals surface area contributed by atoms with Gasteiger partial charge < -0.3 is 25.3 Å². The van der Waals surface area contributed by atoms with Gasteiger partial charge in [0.15, 0.2) is 0 Å². The van der Waals surface area contributed by atoms with Crippen molar-refractivity contribution in [1.82, 2.24) is 15.0 Å². The molecule has 8 heteroatoms. The van der Waals surface area contributed by atoms with Gasteiger partial charge in [0.2, 0.25) is 5.91 Å². The number of carbonyl (C=O) groups excluding carboxylic acids is 1. The molecular formula is C25H26N6O2. The van der Waals surface area contributed by atoms with Crippen LogP contribution in [0.15, 0.2) is 60.8 Å². The Morgan fingerprint density at radius 3 is 2.64 bits per heavy atom. The van der Waals surface area contributed by atoms with Crippen molar-refractivity contribution in [2.24, 2.45) is 0 Å². The summed E-state index contributed by atoms with van der Waals surface area (Å²) in [5.74, 6) is 2.29. The van der Waals surface area contributed by atoms with E-state index in [1.807, 2.05) is 67.7 Å². The number of hydrogen-bond donors (Lipinski definition) is 3. The molecule has 33 heavy (non-hydrogen) atoms. The summed E-state index contributed by atoms with van der Waals surface area (Å²) in [6, 6.07) is 17.5. The minimum absolute atomic E-state index is 0.0537. The summed E-state index contributed by atoms with van der Waals surface area (Å²) in [4.78, 5) is 27.0. The SMILES string of the molecule is Cc1nc(Nc2ccc(NC(=O)Cc3c[nH]c4ccccc34)cc2)cc(N2CCOCC2)n1. The molecule has 1 fully saturated rings. The maximum Gasteiger partial charge on any atom is 0.228 e. The number of carbonyl (C=O) groups is 1. The Hall–Kier alpha value is -3.91. The number of benzene rings is 2. The lowest BCUT2D eigenvalue weighted by Crippen LogP contribution is -2.36. The maximum absolute atomic E-state index is 12.6. The molecule has 0 saturated carbocycles. The summed E-state index contributed by atoms with van der Waals surface area (Å²) in [6.45, 7) is 4.95. The van der Waals surface area contributed by atoms with E-state index >= 15 is 0 Å². The molecule has 0 radical (unpaired) electrons. The van der Waals surface area contributed by atoms with Crippen LogP contribution in [0, 0.1) is 6.92 Å². The third kappa shape index (κ3) is 4.96. The van der Waals surface area contributed by atoms with Crippen LogP contribution in [-0.2, 0) is 16.0 Å². The Morgan fingerprint density at radius 1 is 1.06 bits per heavy atom. The maximum atomic E-state index is 12.6. The van der Waals surface area contributed by atoms with E-state index in [1.165, 1.54) is 0 Å². The summed E-state index contributed by atoms with van der Waals surface area (Å²) < 4.78 is 5.43. The van der Waals surface area contributed by atoms with E-state index in [-0.39, 0.29) is 5.91 Å². The Morgan fingerprint density at radius 2 is 1.82 bits per heavy atom. The summed E-state index contributed by atoms with van der Waals surface area (Å²) >= 11 is 0. The van der Waals surface area contributed by atoms with E-state index in [0.29, 0.717) is 25.5 Å². The fourth-order valence-corrected chi connectivity index (χ4v) is 4.01. The highest BCUT2D eigenvalue weighted by atomic mass is 16.5. The zero-order valence-electron chi connectivity index (χ0n) is 18.5. The predicted molar refractivity (Wildman–Crippen MR) is 130 cm³/mol. The topological polar surface area (TPSA) is 95.2 Å². The van der Waals surface area contributed by atoms with Crippen LogP contribution in [0.1, 0.15) is 11.4 Å². The van der Waals surface area contributed by atoms with Crippen LogP contribution in [-0.4, -0.2) is 47.2 Å². The van der Waals surface area contributed by atoms with E-state index in [4.69, 9.17) is 4.74 Å². The number of aromatic amines is 1. The van der Waals surface area contributed by atoms with Crippen molar-refractivity contribution in [3.05, 3.63) is 72.2 Å². The molecule has 3 N–H and O–H groups in total. The number of hydrogen-bond acceptors (Lipinski definition) is 6. The molecule has 0 atom stereocenters. The van der Waals surface area contributed by atoms with Crippen LogP contribution in [0.25, 0.3) is 10.9 Å². The molecule has 2 aromatic carbocycles. The molecule has 1 aliphatic rings. The molecule has 5 rings (SSSR count). The second kappa shape index (κ2) is 9.30. The van der Waals surface area contributed by atoms with Gasteiger partial charge in [-0.25, -0.2) is 9.97 Å². The number of para-hydroxylation sites is 1. The number of anilines is 4. The Balaban J connectivity index is 1.22. The van der Waals surface area contributed by atoms with E-state index in [0.717, 1.165) is 52.6 Å². The average molecular weight is 443 g/mol. The van der Waals surface area contributed by atoms with Gasteiger partial charge >= 0.3 is 0 Å². The third-order valence-electron chi connectivity index (χ3n) is 5.63. The van der Waals surface area contributed by atoms with E-state index in [1.54, 1.807) is 0 Å². The first-order chi connectivity index (χ1) is 16.1. The lowest BCUT2D eigenvalue weighted by molar-refractivity contribution is -0.115. The second-order valence-electron chi connectivity index (χ2n) is 8.04. The quantitative estimate of drug-likeness (QED) is 0.417. The average Bonchev–Trinajstić information content (AvgIpc) is 3.23. The fraction of sp³-hybridized carbons (Fsp3) is 0.240. The molecule has 0 bridgehead atoms. The number of nitrogens with zero attached hydrogens (tertiary/aromatic N) is 3. The summed E-state index contributed by atoms with van der Waals surface area (Å²) in [6.07, 6.45) is 2.21. The molecule has 1 saturated heterocycles. The monoisotopic (exact) mass is 442 g/mol. The summed E-state index contributed by atoms with van der Waals surface area (Å²) in [7, 11) is 0. The first-order valence-electron chi connectivity index (χ1n) is 11.0. The predicted octanol–water partition coefficient (Wildman–Crippen LogP) is 4.03. The Labute approximate surface area is 192 Å². The number of rotatable bonds is 6. The number of aromatic nitrogens is 3. The Kier molecular flexibility index (Phi) is 5.91. The van der Waals surface area contributed by atoms with Crippen molar-refractivity contribution in [3.63, 3.8) is 0 Å². The summed E-state index contributed by atoms with van der Waals surface area (Å²) in [5.41, 5.74) is 3.65. The van der Waals surface area contributed by atoms with Gasteiger partial charge in [-0.15, -0.1) is 0 Å². The minimum atomic E-state index is -0.0537. The van der Waals surface area contributed by atoms with Gasteiger partial charge in [0, 0.05) is 47.6 Å². The standard InChI is InChI=1S/C25H26N6O2/c1-17-27-23(15-24(28-17)31-10-12-33-13-11-31)29-19-6-8-20(9-7-19)30-25(32)14-18-16-26-22-5-3-2-4-21(18)22/h2-9,15-16,26H,10-14H2,1H3,(H,30,32)(H,27,28,29). The van der Waals surface area contributed by atoms with Gasteiger partial charge in [-0.3, -0.25) is 4.79 Å². The molecule has 0 aliphatic carbocycles. The van der Waals surface area contributed by atoms with Gasteiger partial charge in [0.1, 0.15) is 17.5 Å². The zero-order chi connectivity index (χ0) is 22.6. The number of aryl methyl sites for hydroxylation is 1. The van der Waals surface area contributed by atoms with Gasteiger partial charge in [0.05, 0.1) is 19.6 Å². The molecule has 1 amide bonds. The molecule has 0 unspecified atom stereocenters. The first-order valence-corrected chi connectivity index (χ1v) is 11.0. The van der Waals surface area contributed by atoms with Crippen molar-refractivity contribution in [2.75, 3.05) is 41.8 Å². The van der Waals surface area contributed by atoms with Crippen molar-refractivity contribution in [3.8, 4) is 0 Å². The Bertz CT molecular complexity index is 1260. The third-order valence-corrected chi connectivity index (χ3v) is 5.63. The van der Waals surface area contributed by atoms with Crippen LogP contribution in [0.2, 0.25) is 0 Å². The van der Waals surface area contributed by atoms with Crippen molar-refractivity contribution in [1.29, 1.82) is 0 Å². The van der Waals surface area contributed by atoms with Crippen molar-refractivity contribution in [2.45, 2.75) is 13.3 Å². The lowest BCUT2D eigenvalue weighted by atomic mass is 10.1. The molecule has 1 aliphatic heterocycles. The fourth-order valence-electron chi connectivity index (χ4n) is 4.01. The molecule has 0 spiro atoms. The molecule has 8 nitrogen and oxygen atoms in total. The highest BCUT2D eigenvalue weighted by Gasteiger charge is 2.14. The van der Waals surface area contributed by atoms with E-state index < -0.39 is 0 Å². The smallest absolute Gasteiger partial charge is 0.228 e. The van der Waals surface area contributed by atoms with Gasteiger partial charge in [0.25, 0.3) is 0 Å². The number of ether oxygens (including phenoxy) is 1. The van der Waals surface area contributed by atoms with Crippen molar-refractivity contribution < 1.29 is 9.53 Å². The number of amides is 1. The zero-order valence-corrected chi connectivity index (χ0v) is 18.5. The second-order valence-corrected chi connectivity index (χ2v) is 8.04. The number of morpholine rings is 1. The molecule has 168 valence electrons. The van der Waals surface area contributed by atoms with E-state index in [2.05, 4.69) is 30.5 Å². The summed E-state index contributed by atoms with van der Waals surface area (Å²) in [5, 5.41) is 7.38. The van der Waals surface area contributed by atoms with E-state index in [9.17, 15) is 4.79 Å². The number of fused-ring (bicyclic) bond motifs is 1. The first kappa shape index (κ1) is 21.0. The van der Waals surface area contributed by atoms with Crippen molar-refractivity contribution >= 4 is 39.8 Å². The normalized spacial score (nSPS) is 13.8. The van der Waals surface area contributed by atoms with Crippen LogP contribution in [0.3, 0.4) is 0 Å².